The van der Waals surface area contributed by atoms with Crippen LogP contribution in [0.2, 0.25) is 0 Å². The van der Waals surface area contributed by atoms with E-state index in [9.17, 15) is 9.90 Å². The molecule has 2 heterocycles. The van der Waals surface area contributed by atoms with Crippen LogP contribution in [0.1, 0.15) is 6.42 Å². The number of likely N-dealkylation sites (tertiary alicyclic amines) is 1. The van der Waals surface area contributed by atoms with E-state index >= 15 is 0 Å². The largest absolute Gasteiger partial charge is 0.389 e. The SMILES string of the molecule is CN1CCC(CN2CC(O)CO2)C1=O. The van der Waals surface area contributed by atoms with E-state index in [2.05, 4.69) is 0 Å². The van der Waals surface area contributed by atoms with Gasteiger partial charge in [0, 0.05) is 20.1 Å². The van der Waals surface area contributed by atoms with E-state index < -0.39 is 6.10 Å². The number of amides is 1. The fourth-order valence-electron chi connectivity index (χ4n) is 1.97. The van der Waals surface area contributed by atoms with Crippen molar-refractivity contribution in [2.24, 2.45) is 5.92 Å². The van der Waals surface area contributed by atoms with Crippen LogP contribution in [0.4, 0.5) is 0 Å². The van der Waals surface area contributed by atoms with Crippen molar-refractivity contribution in [3.8, 4) is 0 Å². The van der Waals surface area contributed by atoms with Crippen LogP contribution < -0.4 is 0 Å². The number of β-amino-alcohol motifs (C(OH)–C–C–N with tert-alkyl or cyclic N) is 1. The maximum absolute atomic E-state index is 11.6. The number of aliphatic hydroxyl groups excluding tert-OH is 1. The molecule has 0 radical (unpaired) electrons. The Morgan fingerprint density at radius 1 is 1.64 bits per heavy atom. The van der Waals surface area contributed by atoms with Crippen molar-refractivity contribution in [2.45, 2.75) is 12.5 Å². The van der Waals surface area contributed by atoms with Crippen molar-refractivity contribution < 1.29 is 14.7 Å². The number of aliphatic hydroxyl groups is 1. The van der Waals surface area contributed by atoms with Crippen LogP contribution in [0.3, 0.4) is 0 Å². The van der Waals surface area contributed by atoms with Crippen molar-refractivity contribution in [1.29, 1.82) is 0 Å². The summed E-state index contributed by atoms with van der Waals surface area (Å²) in [4.78, 5) is 18.5. The number of hydrogen-bond donors (Lipinski definition) is 1. The number of carbonyl (C=O) groups is 1. The highest BCUT2D eigenvalue weighted by Gasteiger charge is 2.33. The van der Waals surface area contributed by atoms with Gasteiger partial charge in [-0.2, -0.15) is 5.06 Å². The van der Waals surface area contributed by atoms with Crippen LogP contribution >= 0.6 is 0 Å². The number of hydrogen-bond acceptors (Lipinski definition) is 4. The van der Waals surface area contributed by atoms with Crippen LogP contribution in [0.15, 0.2) is 0 Å². The summed E-state index contributed by atoms with van der Waals surface area (Å²) in [5.74, 6) is 0.236. The predicted octanol–water partition coefficient (Wildman–Crippen LogP) is -0.927. The van der Waals surface area contributed by atoms with Gasteiger partial charge in [0.05, 0.1) is 25.2 Å². The lowest BCUT2D eigenvalue weighted by Gasteiger charge is -2.17. The summed E-state index contributed by atoms with van der Waals surface area (Å²) in [6.07, 6.45) is 0.495. The molecule has 0 saturated carbocycles. The first-order chi connectivity index (χ1) is 6.66. The van der Waals surface area contributed by atoms with Gasteiger partial charge in [0.25, 0.3) is 0 Å². The molecule has 2 aliphatic heterocycles. The summed E-state index contributed by atoms with van der Waals surface area (Å²) < 4.78 is 0. The molecule has 1 N–H and O–H groups in total. The number of hydroxylamine groups is 2. The first kappa shape index (κ1) is 9.89. The summed E-state index contributed by atoms with van der Waals surface area (Å²) in [6, 6.07) is 0. The highest BCUT2D eigenvalue weighted by molar-refractivity contribution is 5.80. The third-order valence-corrected chi connectivity index (χ3v) is 2.83. The highest BCUT2D eigenvalue weighted by Crippen LogP contribution is 2.19. The molecule has 0 aromatic carbocycles. The maximum atomic E-state index is 11.6. The van der Waals surface area contributed by atoms with Gasteiger partial charge in [-0.1, -0.05) is 0 Å². The summed E-state index contributed by atoms with van der Waals surface area (Å²) in [6.45, 7) is 2.32. The first-order valence-electron chi connectivity index (χ1n) is 4.97. The Morgan fingerprint density at radius 2 is 2.43 bits per heavy atom. The minimum atomic E-state index is -0.399. The van der Waals surface area contributed by atoms with Crippen molar-refractivity contribution in [3.63, 3.8) is 0 Å². The monoisotopic (exact) mass is 200 g/mol. The molecule has 80 valence electrons. The molecule has 0 spiro atoms. The van der Waals surface area contributed by atoms with E-state index in [0.29, 0.717) is 19.7 Å². The summed E-state index contributed by atoms with van der Waals surface area (Å²) in [5.41, 5.74) is 0. The molecule has 0 aromatic heterocycles. The molecule has 0 aromatic rings. The van der Waals surface area contributed by atoms with Crippen LogP contribution in [0.25, 0.3) is 0 Å². The van der Waals surface area contributed by atoms with E-state index in [1.54, 1.807) is 9.96 Å². The van der Waals surface area contributed by atoms with Gasteiger partial charge in [0.2, 0.25) is 5.91 Å². The van der Waals surface area contributed by atoms with Gasteiger partial charge in [-0.15, -0.1) is 0 Å². The molecule has 2 atom stereocenters. The lowest BCUT2D eigenvalue weighted by molar-refractivity contribution is -0.140. The zero-order chi connectivity index (χ0) is 10.1. The molecule has 2 rings (SSSR count). The minimum Gasteiger partial charge on any atom is -0.389 e. The zero-order valence-electron chi connectivity index (χ0n) is 8.35. The van der Waals surface area contributed by atoms with Crippen LogP contribution in [0, 0.1) is 5.92 Å². The molecule has 0 aliphatic carbocycles. The molecular weight excluding hydrogens is 184 g/mol. The van der Waals surface area contributed by atoms with Crippen LogP contribution in [-0.4, -0.2) is 60.4 Å². The van der Waals surface area contributed by atoms with Crippen LogP contribution in [0.5, 0.6) is 0 Å². The number of nitrogens with zero attached hydrogens (tertiary/aromatic N) is 2. The summed E-state index contributed by atoms with van der Waals surface area (Å²) in [7, 11) is 1.82. The second kappa shape index (κ2) is 3.84. The molecular formula is C9H16N2O3. The second-order valence-corrected chi connectivity index (χ2v) is 4.04. The van der Waals surface area contributed by atoms with Crippen molar-refractivity contribution in [3.05, 3.63) is 0 Å². The highest BCUT2D eigenvalue weighted by atomic mass is 16.7. The zero-order valence-corrected chi connectivity index (χ0v) is 8.35. The van der Waals surface area contributed by atoms with Crippen molar-refractivity contribution in [2.75, 3.05) is 33.3 Å². The topological polar surface area (TPSA) is 53.0 Å². The van der Waals surface area contributed by atoms with E-state index in [-0.39, 0.29) is 11.8 Å². The van der Waals surface area contributed by atoms with E-state index in [1.807, 2.05) is 7.05 Å². The van der Waals surface area contributed by atoms with Crippen LogP contribution in [-0.2, 0) is 9.63 Å². The molecule has 2 saturated heterocycles. The smallest absolute Gasteiger partial charge is 0.226 e. The molecule has 5 nitrogen and oxygen atoms in total. The molecule has 2 unspecified atom stereocenters. The second-order valence-electron chi connectivity index (χ2n) is 4.04. The van der Waals surface area contributed by atoms with Gasteiger partial charge in [-0.25, -0.2) is 0 Å². The average molecular weight is 200 g/mol. The van der Waals surface area contributed by atoms with Gasteiger partial charge in [0.15, 0.2) is 0 Å². The molecule has 0 bridgehead atoms. The van der Waals surface area contributed by atoms with Gasteiger partial charge >= 0.3 is 0 Å². The molecule has 5 heteroatoms. The van der Waals surface area contributed by atoms with E-state index in [1.165, 1.54) is 0 Å². The summed E-state index contributed by atoms with van der Waals surface area (Å²) in [5, 5.41) is 10.9. The number of rotatable bonds is 2. The fraction of sp³-hybridized carbons (Fsp3) is 0.889. The van der Waals surface area contributed by atoms with Crippen molar-refractivity contribution in [1.82, 2.24) is 9.96 Å². The Morgan fingerprint density at radius 3 is 2.93 bits per heavy atom. The van der Waals surface area contributed by atoms with Gasteiger partial charge < -0.3 is 10.0 Å². The van der Waals surface area contributed by atoms with E-state index in [4.69, 9.17) is 4.84 Å². The quantitative estimate of drug-likeness (QED) is 0.626. The Labute approximate surface area is 83.2 Å². The molecule has 2 aliphatic rings. The van der Waals surface area contributed by atoms with Crippen molar-refractivity contribution >= 4 is 5.91 Å². The lowest BCUT2D eigenvalue weighted by Crippen LogP contribution is -2.32. The van der Waals surface area contributed by atoms with Gasteiger partial charge in [-0.3, -0.25) is 9.63 Å². The first-order valence-corrected chi connectivity index (χ1v) is 4.97. The Hall–Kier alpha value is -0.650. The standard InChI is InChI=1S/C9H16N2O3/c1-10-3-2-7(9(10)13)4-11-5-8(12)6-14-11/h7-8,12H,2-6H2,1H3. The molecule has 2 fully saturated rings. The lowest BCUT2D eigenvalue weighted by atomic mass is 10.1. The van der Waals surface area contributed by atoms with E-state index in [0.717, 1.165) is 13.0 Å². The Kier molecular flexibility index (Phi) is 2.71. The Balaban J connectivity index is 1.83. The number of carbonyl (C=O) groups excluding carboxylic acids is 1. The maximum Gasteiger partial charge on any atom is 0.226 e. The normalized spacial score (nSPS) is 34.4. The predicted molar refractivity (Wildman–Crippen MR) is 49.3 cm³/mol. The fourth-order valence-corrected chi connectivity index (χ4v) is 1.97. The Bertz CT molecular complexity index is 234. The average Bonchev–Trinajstić information content (AvgIpc) is 2.67. The minimum absolute atomic E-state index is 0.0466. The molecule has 1 amide bonds. The third kappa shape index (κ3) is 1.89. The summed E-state index contributed by atoms with van der Waals surface area (Å²) >= 11 is 0. The molecule has 14 heavy (non-hydrogen) atoms. The van der Waals surface area contributed by atoms with Gasteiger partial charge in [0.1, 0.15) is 0 Å². The third-order valence-electron chi connectivity index (χ3n) is 2.83. The van der Waals surface area contributed by atoms with Gasteiger partial charge in [-0.05, 0) is 6.42 Å².